The lowest BCUT2D eigenvalue weighted by Gasteiger charge is -2.11. The number of hydrogen-bond donors (Lipinski definition) is 2. The summed E-state index contributed by atoms with van der Waals surface area (Å²) < 4.78 is 1.47. The van der Waals surface area contributed by atoms with E-state index >= 15 is 0 Å². The SMILES string of the molecule is C[C@@H](N)C(=O)Nc1ccccc1-n1cnnn1. The van der Waals surface area contributed by atoms with Crippen molar-refractivity contribution in [2.45, 2.75) is 13.0 Å². The molecule has 17 heavy (non-hydrogen) atoms. The minimum Gasteiger partial charge on any atom is -0.323 e. The van der Waals surface area contributed by atoms with E-state index in [9.17, 15) is 4.79 Å². The van der Waals surface area contributed by atoms with Crippen LogP contribution in [-0.4, -0.2) is 32.2 Å². The molecule has 1 aromatic heterocycles. The number of aromatic nitrogens is 4. The molecule has 0 aliphatic heterocycles. The fourth-order valence-corrected chi connectivity index (χ4v) is 1.30. The summed E-state index contributed by atoms with van der Waals surface area (Å²) in [5.41, 5.74) is 6.79. The third-order valence-electron chi connectivity index (χ3n) is 2.17. The topological polar surface area (TPSA) is 98.7 Å². The number of nitrogens with one attached hydrogen (secondary N) is 1. The molecule has 1 aromatic carbocycles. The molecule has 88 valence electrons. The third kappa shape index (κ3) is 2.45. The Morgan fingerprint density at radius 3 is 2.88 bits per heavy atom. The quantitative estimate of drug-likeness (QED) is 0.772. The zero-order valence-electron chi connectivity index (χ0n) is 9.24. The highest BCUT2D eigenvalue weighted by Gasteiger charge is 2.11. The van der Waals surface area contributed by atoms with Crippen LogP contribution in [0.3, 0.4) is 0 Å². The number of nitrogens with zero attached hydrogens (tertiary/aromatic N) is 4. The lowest BCUT2D eigenvalue weighted by molar-refractivity contribution is -0.117. The molecule has 1 amide bonds. The van der Waals surface area contributed by atoms with Crippen LogP contribution in [0.4, 0.5) is 5.69 Å². The first-order valence-electron chi connectivity index (χ1n) is 5.07. The molecule has 1 heterocycles. The smallest absolute Gasteiger partial charge is 0.241 e. The number of amides is 1. The number of para-hydroxylation sites is 2. The van der Waals surface area contributed by atoms with Gasteiger partial charge in [-0.25, -0.2) is 0 Å². The van der Waals surface area contributed by atoms with E-state index in [0.717, 1.165) is 0 Å². The average Bonchev–Trinajstić information content (AvgIpc) is 2.83. The van der Waals surface area contributed by atoms with Crippen LogP contribution in [0.15, 0.2) is 30.6 Å². The van der Waals surface area contributed by atoms with E-state index in [0.29, 0.717) is 11.4 Å². The maximum absolute atomic E-state index is 11.5. The Morgan fingerprint density at radius 1 is 1.47 bits per heavy atom. The molecule has 7 heteroatoms. The minimum atomic E-state index is -0.572. The summed E-state index contributed by atoms with van der Waals surface area (Å²) in [4.78, 5) is 11.5. The Bertz CT molecular complexity index is 507. The Hall–Kier alpha value is -2.28. The van der Waals surface area contributed by atoms with Crippen molar-refractivity contribution in [3.8, 4) is 5.69 Å². The maximum Gasteiger partial charge on any atom is 0.241 e. The Morgan fingerprint density at radius 2 is 2.24 bits per heavy atom. The van der Waals surface area contributed by atoms with E-state index in [1.165, 1.54) is 11.0 Å². The van der Waals surface area contributed by atoms with Crippen molar-refractivity contribution in [3.05, 3.63) is 30.6 Å². The first kappa shape index (κ1) is 11.2. The molecule has 0 radical (unpaired) electrons. The lowest BCUT2D eigenvalue weighted by Crippen LogP contribution is -2.32. The van der Waals surface area contributed by atoms with Gasteiger partial charge in [0.05, 0.1) is 17.4 Å². The highest BCUT2D eigenvalue weighted by molar-refractivity contribution is 5.96. The Balaban J connectivity index is 2.32. The van der Waals surface area contributed by atoms with Gasteiger partial charge < -0.3 is 11.1 Å². The van der Waals surface area contributed by atoms with Crippen molar-refractivity contribution < 1.29 is 4.79 Å². The molecule has 2 rings (SSSR count). The average molecular weight is 232 g/mol. The first-order valence-corrected chi connectivity index (χ1v) is 5.07. The fraction of sp³-hybridized carbons (Fsp3) is 0.200. The van der Waals surface area contributed by atoms with Crippen molar-refractivity contribution in [2.24, 2.45) is 5.73 Å². The molecule has 7 nitrogen and oxygen atoms in total. The van der Waals surface area contributed by atoms with Crippen molar-refractivity contribution in [1.29, 1.82) is 0 Å². The van der Waals surface area contributed by atoms with Crippen molar-refractivity contribution in [1.82, 2.24) is 20.2 Å². The zero-order chi connectivity index (χ0) is 12.3. The second-order valence-electron chi connectivity index (χ2n) is 3.55. The van der Waals surface area contributed by atoms with Crippen LogP contribution in [-0.2, 0) is 4.79 Å². The van der Waals surface area contributed by atoms with E-state index in [1.807, 2.05) is 12.1 Å². The van der Waals surface area contributed by atoms with E-state index in [4.69, 9.17) is 5.73 Å². The van der Waals surface area contributed by atoms with Crippen molar-refractivity contribution in [3.63, 3.8) is 0 Å². The number of tetrazole rings is 1. The number of benzene rings is 1. The van der Waals surface area contributed by atoms with Gasteiger partial charge in [-0.3, -0.25) is 4.79 Å². The maximum atomic E-state index is 11.5. The highest BCUT2D eigenvalue weighted by Crippen LogP contribution is 2.18. The monoisotopic (exact) mass is 232 g/mol. The van der Waals surface area contributed by atoms with Gasteiger partial charge in [-0.05, 0) is 29.5 Å². The summed E-state index contributed by atoms with van der Waals surface area (Å²) >= 11 is 0. The van der Waals surface area contributed by atoms with Crippen molar-refractivity contribution >= 4 is 11.6 Å². The molecule has 2 aromatic rings. The summed E-state index contributed by atoms with van der Waals surface area (Å²) in [5.74, 6) is -0.259. The zero-order valence-corrected chi connectivity index (χ0v) is 9.24. The molecule has 0 saturated heterocycles. The molecule has 1 atom stereocenters. The van der Waals surface area contributed by atoms with Crippen LogP contribution in [0.1, 0.15) is 6.92 Å². The summed E-state index contributed by atoms with van der Waals surface area (Å²) in [6.45, 7) is 1.62. The van der Waals surface area contributed by atoms with Gasteiger partial charge >= 0.3 is 0 Å². The molecule has 0 saturated carbocycles. The van der Waals surface area contributed by atoms with Crippen LogP contribution in [0, 0.1) is 0 Å². The Labute approximate surface area is 97.6 Å². The lowest BCUT2D eigenvalue weighted by atomic mass is 10.2. The number of anilines is 1. The van der Waals surface area contributed by atoms with Gasteiger partial charge in [-0.2, -0.15) is 4.68 Å². The van der Waals surface area contributed by atoms with E-state index in [1.54, 1.807) is 19.1 Å². The fourth-order valence-electron chi connectivity index (χ4n) is 1.30. The molecule has 0 bridgehead atoms. The molecule has 0 spiro atoms. The van der Waals surface area contributed by atoms with Gasteiger partial charge in [0.25, 0.3) is 0 Å². The number of carbonyl (C=O) groups is 1. The van der Waals surface area contributed by atoms with Crippen LogP contribution >= 0.6 is 0 Å². The summed E-state index contributed by atoms with van der Waals surface area (Å²) in [7, 11) is 0. The second kappa shape index (κ2) is 4.71. The predicted molar refractivity (Wildman–Crippen MR) is 61.4 cm³/mol. The van der Waals surface area contributed by atoms with E-state index in [-0.39, 0.29) is 5.91 Å². The second-order valence-corrected chi connectivity index (χ2v) is 3.55. The van der Waals surface area contributed by atoms with Gasteiger partial charge in [-0.15, -0.1) is 5.10 Å². The first-order chi connectivity index (χ1) is 8.18. The van der Waals surface area contributed by atoms with Gasteiger partial charge in [0.15, 0.2) is 0 Å². The molecular formula is C10H12N6O. The van der Waals surface area contributed by atoms with Crippen molar-refractivity contribution in [2.75, 3.05) is 5.32 Å². The largest absolute Gasteiger partial charge is 0.323 e. The van der Waals surface area contributed by atoms with Crippen LogP contribution in [0.2, 0.25) is 0 Å². The van der Waals surface area contributed by atoms with Gasteiger partial charge in [-0.1, -0.05) is 12.1 Å². The standard InChI is InChI=1S/C10H12N6O/c1-7(11)10(17)13-8-4-2-3-5-9(8)16-6-12-14-15-16/h2-7H,11H2,1H3,(H,13,17)/t7-/m1/s1. The number of hydrogen-bond acceptors (Lipinski definition) is 5. The van der Waals surface area contributed by atoms with Crippen LogP contribution < -0.4 is 11.1 Å². The van der Waals surface area contributed by atoms with E-state index in [2.05, 4.69) is 20.8 Å². The summed E-state index contributed by atoms with van der Waals surface area (Å²) in [6, 6.07) is 6.63. The minimum absolute atomic E-state index is 0.259. The van der Waals surface area contributed by atoms with Gasteiger partial charge in [0, 0.05) is 0 Å². The molecule has 0 aliphatic rings. The number of carbonyl (C=O) groups excluding carboxylic acids is 1. The van der Waals surface area contributed by atoms with Gasteiger partial charge in [0.1, 0.15) is 6.33 Å². The van der Waals surface area contributed by atoms with Gasteiger partial charge in [0.2, 0.25) is 5.91 Å². The number of nitrogens with two attached hydrogens (primary N) is 1. The summed E-state index contributed by atoms with van der Waals surface area (Å²) in [6.07, 6.45) is 1.46. The molecule has 0 aliphatic carbocycles. The normalized spacial score (nSPS) is 12.1. The van der Waals surface area contributed by atoms with Crippen LogP contribution in [0.5, 0.6) is 0 Å². The molecule has 0 fully saturated rings. The summed E-state index contributed by atoms with van der Waals surface area (Å²) in [5, 5.41) is 13.6. The predicted octanol–water partition coefficient (Wildman–Crippen LogP) is -0.0520. The highest BCUT2D eigenvalue weighted by atomic mass is 16.2. The number of rotatable bonds is 3. The molecule has 0 unspecified atom stereocenters. The third-order valence-corrected chi connectivity index (χ3v) is 2.17. The molecule has 3 N–H and O–H groups in total. The Kier molecular flexibility index (Phi) is 3.10. The van der Waals surface area contributed by atoms with E-state index < -0.39 is 6.04 Å². The molecular weight excluding hydrogens is 220 g/mol. The van der Waals surface area contributed by atoms with Crippen LogP contribution in [0.25, 0.3) is 5.69 Å².